The van der Waals surface area contributed by atoms with Crippen molar-refractivity contribution in [2.75, 3.05) is 13.2 Å². The predicted molar refractivity (Wildman–Crippen MR) is 60.0 cm³/mol. The lowest BCUT2D eigenvalue weighted by Crippen LogP contribution is -3.11. The van der Waals surface area contributed by atoms with Crippen molar-refractivity contribution in [1.82, 2.24) is 0 Å². The number of nitrogens with one attached hydrogen (secondary N) is 1. The number of ether oxygens (including phenoxy) is 1. The van der Waals surface area contributed by atoms with Gasteiger partial charge in [0.2, 0.25) is 0 Å². The highest BCUT2D eigenvalue weighted by Gasteiger charge is 2.41. The van der Waals surface area contributed by atoms with E-state index in [1.54, 1.807) is 0 Å². The van der Waals surface area contributed by atoms with Gasteiger partial charge in [0.05, 0.1) is 13.2 Å². The van der Waals surface area contributed by atoms with Gasteiger partial charge < -0.3 is 4.74 Å². The lowest BCUT2D eigenvalue weighted by Gasteiger charge is -2.17. The summed E-state index contributed by atoms with van der Waals surface area (Å²) in [5.74, 6) is -0.0668. The Morgan fingerprint density at radius 2 is 2.31 bits per heavy atom. The molecule has 16 heavy (non-hydrogen) atoms. The highest BCUT2D eigenvalue weighted by molar-refractivity contribution is 6.31. The van der Waals surface area contributed by atoms with Crippen LogP contribution in [0.25, 0.3) is 0 Å². The Labute approximate surface area is 98.9 Å². The van der Waals surface area contributed by atoms with Crippen molar-refractivity contribution in [3.8, 4) is 0 Å². The van der Waals surface area contributed by atoms with E-state index in [9.17, 15) is 4.79 Å². The number of quaternary nitrogens is 1. The normalized spacial score (nSPS) is 27.9. The highest BCUT2D eigenvalue weighted by Crippen LogP contribution is 2.26. The van der Waals surface area contributed by atoms with Crippen LogP contribution in [-0.4, -0.2) is 25.2 Å². The average Bonchev–Trinajstić information content (AvgIpc) is 2.84. The van der Waals surface area contributed by atoms with Crippen LogP contribution in [0.2, 0.25) is 5.02 Å². The number of esters is 1. The minimum atomic E-state index is -0.0668. The number of rotatable bonds is 1. The Balaban J connectivity index is 1.97. The molecule has 2 aliphatic rings. The molecule has 2 heterocycles. The first-order valence-electron chi connectivity index (χ1n) is 5.57. The van der Waals surface area contributed by atoms with Crippen LogP contribution >= 0.6 is 11.6 Å². The smallest absolute Gasteiger partial charge is 0.365 e. The quantitative estimate of drug-likeness (QED) is 0.732. The monoisotopic (exact) mass is 238 g/mol. The first-order valence-corrected chi connectivity index (χ1v) is 5.95. The second kappa shape index (κ2) is 3.75. The van der Waals surface area contributed by atoms with E-state index < -0.39 is 0 Å². The number of benzene rings is 1. The molecular weight excluding hydrogens is 226 g/mol. The lowest BCUT2D eigenvalue weighted by atomic mass is 10.1. The fourth-order valence-electron chi connectivity index (χ4n) is 2.68. The van der Waals surface area contributed by atoms with Crippen molar-refractivity contribution in [2.24, 2.45) is 0 Å². The van der Waals surface area contributed by atoms with Gasteiger partial charge in [0.15, 0.2) is 6.04 Å². The Morgan fingerprint density at radius 1 is 1.44 bits per heavy atom. The van der Waals surface area contributed by atoms with Gasteiger partial charge in [0.1, 0.15) is 5.69 Å². The Morgan fingerprint density at radius 3 is 3.06 bits per heavy atom. The molecule has 1 aromatic carbocycles. The molecule has 4 heteroatoms. The zero-order chi connectivity index (χ0) is 11.1. The molecular formula is C12H13ClNO2+. The zero-order valence-corrected chi connectivity index (χ0v) is 9.59. The van der Waals surface area contributed by atoms with Crippen molar-refractivity contribution in [2.45, 2.75) is 18.9 Å². The number of cyclic esters (lactones) is 1. The van der Waals surface area contributed by atoms with Crippen LogP contribution in [0.4, 0.5) is 5.69 Å². The summed E-state index contributed by atoms with van der Waals surface area (Å²) in [7, 11) is 0. The van der Waals surface area contributed by atoms with Gasteiger partial charge in [0.25, 0.3) is 0 Å². The molecule has 0 spiro atoms. The molecule has 2 aliphatic heterocycles. The second-order valence-electron chi connectivity index (χ2n) is 4.30. The van der Waals surface area contributed by atoms with Gasteiger partial charge in [-0.3, -0.25) is 4.90 Å². The molecule has 1 saturated heterocycles. The van der Waals surface area contributed by atoms with E-state index in [1.165, 1.54) is 16.2 Å². The summed E-state index contributed by atoms with van der Waals surface area (Å²) in [6.07, 6.45) is 1.77. The Kier molecular flexibility index (Phi) is 2.37. The van der Waals surface area contributed by atoms with Gasteiger partial charge >= 0.3 is 5.97 Å². The third-order valence-electron chi connectivity index (χ3n) is 3.47. The van der Waals surface area contributed by atoms with Gasteiger partial charge in [-0.05, 0) is 12.1 Å². The van der Waals surface area contributed by atoms with E-state index in [0.717, 1.165) is 24.4 Å². The second-order valence-corrected chi connectivity index (χ2v) is 4.71. The fourth-order valence-corrected chi connectivity index (χ4v) is 2.95. The maximum absolute atomic E-state index is 11.6. The predicted octanol–water partition coefficient (Wildman–Crippen LogP) is 0.728. The van der Waals surface area contributed by atoms with E-state index in [0.29, 0.717) is 6.61 Å². The van der Waals surface area contributed by atoms with E-state index >= 15 is 0 Å². The summed E-state index contributed by atoms with van der Waals surface area (Å²) in [6, 6.07) is 5.90. The molecule has 2 atom stereocenters. The van der Waals surface area contributed by atoms with Crippen LogP contribution in [0.5, 0.6) is 0 Å². The molecule has 0 saturated carbocycles. The third kappa shape index (κ3) is 1.43. The van der Waals surface area contributed by atoms with Crippen molar-refractivity contribution >= 4 is 23.3 Å². The molecule has 0 amide bonds. The van der Waals surface area contributed by atoms with Crippen LogP contribution in [0.15, 0.2) is 18.2 Å². The summed E-state index contributed by atoms with van der Waals surface area (Å²) in [6.45, 7) is 1.50. The lowest BCUT2D eigenvalue weighted by molar-refractivity contribution is -0.843. The third-order valence-corrected chi connectivity index (χ3v) is 3.82. The van der Waals surface area contributed by atoms with Gasteiger partial charge in [-0.25, -0.2) is 4.79 Å². The molecule has 1 N–H and O–H groups in total. The minimum absolute atomic E-state index is 0.0280. The topological polar surface area (TPSA) is 30.7 Å². The molecule has 84 valence electrons. The maximum Gasteiger partial charge on any atom is 0.365 e. The SMILES string of the molecule is O=C1OCCC1[NH+]1CCc2c(Cl)cccc21. The van der Waals surface area contributed by atoms with Crippen LogP contribution in [0.3, 0.4) is 0 Å². The van der Waals surface area contributed by atoms with Crippen LogP contribution in [0, 0.1) is 0 Å². The number of fused-ring (bicyclic) bond motifs is 1. The molecule has 3 nitrogen and oxygen atoms in total. The number of hydrogen-bond acceptors (Lipinski definition) is 2. The molecule has 0 aromatic heterocycles. The standard InChI is InChI=1S/C12H12ClNO2/c13-9-2-1-3-10-8(9)4-6-14(10)11-5-7-16-12(11)15/h1-3,11H,4-7H2/p+1. The van der Waals surface area contributed by atoms with Gasteiger partial charge in [0, 0.05) is 23.4 Å². The van der Waals surface area contributed by atoms with Crippen molar-refractivity contribution < 1.29 is 14.4 Å². The number of carbonyl (C=O) groups is 1. The van der Waals surface area contributed by atoms with E-state index in [4.69, 9.17) is 16.3 Å². The molecule has 1 fully saturated rings. The average molecular weight is 239 g/mol. The molecule has 1 aromatic rings. The fraction of sp³-hybridized carbons (Fsp3) is 0.417. The molecule has 2 unspecified atom stereocenters. The van der Waals surface area contributed by atoms with Gasteiger partial charge in [-0.15, -0.1) is 0 Å². The van der Waals surface area contributed by atoms with Crippen LogP contribution in [0.1, 0.15) is 12.0 Å². The molecule has 0 bridgehead atoms. The number of halogens is 1. The van der Waals surface area contributed by atoms with E-state index in [2.05, 4.69) is 6.07 Å². The number of hydrogen-bond donors (Lipinski definition) is 1. The summed E-state index contributed by atoms with van der Waals surface area (Å²) >= 11 is 6.15. The van der Waals surface area contributed by atoms with Gasteiger partial charge in [-0.2, -0.15) is 0 Å². The van der Waals surface area contributed by atoms with Crippen LogP contribution < -0.4 is 4.90 Å². The summed E-state index contributed by atoms with van der Waals surface area (Å²) in [5.41, 5.74) is 2.37. The Hall–Kier alpha value is -1.06. The van der Waals surface area contributed by atoms with Crippen molar-refractivity contribution in [1.29, 1.82) is 0 Å². The van der Waals surface area contributed by atoms with Crippen molar-refractivity contribution in [3.05, 3.63) is 28.8 Å². The maximum atomic E-state index is 11.6. The first kappa shape index (κ1) is 10.1. The largest absolute Gasteiger partial charge is 0.461 e. The number of carbonyl (C=O) groups excluding carboxylic acids is 1. The van der Waals surface area contributed by atoms with Gasteiger partial charge in [-0.1, -0.05) is 17.7 Å². The van der Waals surface area contributed by atoms with Crippen LogP contribution in [-0.2, 0) is 16.0 Å². The zero-order valence-electron chi connectivity index (χ0n) is 8.83. The summed E-state index contributed by atoms with van der Waals surface area (Å²) in [5, 5.41) is 0.818. The first-order chi connectivity index (χ1) is 7.77. The summed E-state index contributed by atoms with van der Waals surface area (Å²) in [4.78, 5) is 12.8. The van der Waals surface area contributed by atoms with Crippen molar-refractivity contribution in [3.63, 3.8) is 0 Å². The Bertz CT molecular complexity index is 447. The minimum Gasteiger partial charge on any atom is -0.461 e. The highest BCUT2D eigenvalue weighted by atomic mass is 35.5. The van der Waals surface area contributed by atoms with E-state index in [1.807, 2.05) is 12.1 Å². The molecule has 3 rings (SSSR count). The molecule has 0 aliphatic carbocycles. The summed E-state index contributed by atoms with van der Waals surface area (Å²) < 4.78 is 5.03. The molecule has 0 radical (unpaired) electrons. The van der Waals surface area contributed by atoms with E-state index in [-0.39, 0.29) is 12.0 Å².